The van der Waals surface area contributed by atoms with E-state index < -0.39 is 11.8 Å². The van der Waals surface area contributed by atoms with Crippen LogP contribution in [0.25, 0.3) is 0 Å². The number of amides is 2. The third kappa shape index (κ3) is 3.58. The van der Waals surface area contributed by atoms with Crippen LogP contribution in [0.4, 0.5) is 5.69 Å². The molecule has 5 nitrogen and oxygen atoms in total. The molecule has 0 radical (unpaired) electrons. The molecular weight excluding hydrogens is 574 g/mol. The summed E-state index contributed by atoms with van der Waals surface area (Å²) in [7, 11) is 0. The first-order valence-corrected chi connectivity index (χ1v) is 7.08. The van der Waals surface area contributed by atoms with Gasteiger partial charge in [-0.25, -0.2) is 0 Å². The maximum absolute atomic E-state index is 11.3. The van der Waals surface area contributed by atoms with Crippen molar-refractivity contribution in [2.45, 2.75) is 0 Å². The van der Waals surface area contributed by atoms with Crippen molar-refractivity contribution in [2.24, 2.45) is 11.5 Å². The number of primary amides is 2. The van der Waals surface area contributed by atoms with Crippen LogP contribution < -0.4 is 17.2 Å². The molecule has 0 aliphatic heterocycles. The van der Waals surface area contributed by atoms with Gasteiger partial charge in [-0.2, -0.15) is 0 Å². The van der Waals surface area contributed by atoms with Crippen LogP contribution in [0, 0.1) is 10.7 Å². The number of halogens is 3. The van der Waals surface area contributed by atoms with Gasteiger partial charge >= 0.3 is 29.6 Å². The summed E-state index contributed by atoms with van der Waals surface area (Å²) in [6.45, 7) is 0. The molecule has 0 atom stereocenters. The zero-order valence-corrected chi connectivity index (χ0v) is 14.2. The summed E-state index contributed by atoms with van der Waals surface area (Å²) in [4.78, 5) is 22.6. The Balaban J connectivity index is 0.00000256. The van der Waals surface area contributed by atoms with Crippen molar-refractivity contribution in [3.63, 3.8) is 0 Å². The van der Waals surface area contributed by atoms with Crippen molar-refractivity contribution in [3.05, 3.63) is 21.8 Å². The molecule has 0 saturated carbocycles. The first kappa shape index (κ1) is 18.1. The van der Waals surface area contributed by atoms with E-state index >= 15 is 0 Å². The Bertz CT molecular complexity index is 466. The standard InChI is InChI=1S/C8H6I3N3O2.Na.H/c9-3-1(7(13)15)4(10)6(12)5(11)2(3)8(14)16;;/h12H2,(H2,13,15)(H2,14,16);;. The van der Waals surface area contributed by atoms with E-state index in [9.17, 15) is 9.59 Å². The summed E-state index contributed by atoms with van der Waals surface area (Å²) >= 11 is 5.72. The van der Waals surface area contributed by atoms with Crippen LogP contribution in [0.1, 0.15) is 20.7 Å². The molecule has 17 heavy (non-hydrogen) atoms. The van der Waals surface area contributed by atoms with Gasteiger partial charge in [-0.1, -0.05) is 0 Å². The predicted molar refractivity (Wildman–Crippen MR) is 93.2 cm³/mol. The molecule has 1 aromatic rings. The summed E-state index contributed by atoms with van der Waals surface area (Å²) < 4.78 is 1.54. The third-order valence-electron chi connectivity index (χ3n) is 1.84. The van der Waals surface area contributed by atoms with Crippen LogP contribution in [0.3, 0.4) is 0 Å². The van der Waals surface area contributed by atoms with Gasteiger partial charge in [-0.05, 0) is 67.8 Å². The molecule has 1 aromatic carbocycles. The SMILES string of the molecule is NC(=O)c1c(I)c(N)c(I)c(C(N)=O)c1I.[NaH]. The van der Waals surface area contributed by atoms with E-state index in [1.165, 1.54) is 0 Å². The van der Waals surface area contributed by atoms with Crippen LogP contribution >= 0.6 is 67.8 Å². The van der Waals surface area contributed by atoms with Crippen molar-refractivity contribution in [1.29, 1.82) is 0 Å². The molecule has 0 aliphatic carbocycles. The summed E-state index contributed by atoms with van der Waals surface area (Å²) in [6.07, 6.45) is 0. The fourth-order valence-corrected chi connectivity index (χ4v) is 5.35. The number of rotatable bonds is 2. The summed E-state index contributed by atoms with van der Waals surface area (Å²) in [6, 6.07) is 0. The second kappa shape index (κ2) is 7.07. The fourth-order valence-electron chi connectivity index (χ4n) is 1.12. The summed E-state index contributed by atoms with van der Waals surface area (Å²) in [5, 5.41) is 0. The predicted octanol–water partition coefficient (Wildman–Crippen LogP) is 0.632. The van der Waals surface area contributed by atoms with E-state index in [1.807, 2.05) is 67.8 Å². The average molecular weight is 581 g/mol. The summed E-state index contributed by atoms with van der Waals surface area (Å²) in [5.41, 5.74) is 17.1. The minimum absolute atomic E-state index is 0. The Morgan fingerprint density at radius 1 is 0.824 bits per heavy atom. The van der Waals surface area contributed by atoms with E-state index in [-0.39, 0.29) is 40.7 Å². The van der Waals surface area contributed by atoms with E-state index in [2.05, 4.69) is 0 Å². The molecule has 0 bridgehead atoms. The van der Waals surface area contributed by atoms with Gasteiger partial charge in [0.15, 0.2) is 0 Å². The first-order chi connectivity index (χ1) is 7.29. The second-order valence-electron chi connectivity index (χ2n) is 2.83. The van der Waals surface area contributed by atoms with E-state index in [1.54, 1.807) is 0 Å². The number of carbonyl (C=O) groups is 2. The van der Waals surface area contributed by atoms with Crippen molar-refractivity contribution in [2.75, 3.05) is 5.73 Å². The van der Waals surface area contributed by atoms with Gasteiger partial charge in [0.05, 0.1) is 24.0 Å². The number of nitrogen functional groups attached to an aromatic ring is 1. The molecule has 0 aliphatic rings. The topological polar surface area (TPSA) is 112 Å². The molecule has 1 rings (SSSR count). The van der Waals surface area contributed by atoms with Crippen LogP contribution in [-0.2, 0) is 0 Å². The monoisotopic (exact) mass is 581 g/mol. The molecule has 88 valence electrons. The molecule has 0 spiro atoms. The van der Waals surface area contributed by atoms with Crippen LogP contribution in [0.2, 0.25) is 0 Å². The quantitative estimate of drug-likeness (QED) is 0.271. The molecule has 0 aromatic heterocycles. The second-order valence-corrected chi connectivity index (χ2v) is 6.07. The van der Waals surface area contributed by atoms with Gasteiger partial charge in [-0.15, -0.1) is 0 Å². The van der Waals surface area contributed by atoms with Gasteiger partial charge in [-0.3, -0.25) is 9.59 Å². The number of nitrogens with two attached hydrogens (primary N) is 3. The Hall–Kier alpha value is 1.15. The van der Waals surface area contributed by atoms with Gasteiger partial charge < -0.3 is 17.2 Å². The minimum atomic E-state index is -0.626. The normalized spacial score (nSPS) is 9.59. The zero-order valence-electron chi connectivity index (χ0n) is 7.68. The first-order valence-electron chi connectivity index (χ1n) is 3.84. The van der Waals surface area contributed by atoms with E-state index in [0.29, 0.717) is 16.4 Å². The number of carbonyl (C=O) groups excluding carboxylic acids is 2. The average Bonchev–Trinajstić information content (AvgIpc) is 2.13. The molecule has 0 heterocycles. The van der Waals surface area contributed by atoms with Crippen molar-refractivity contribution in [1.82, 2.24) is 0 Å². The van der Waals surface area contributed by atoms with Crippen LogP contribution in [0.15, 0.2) is 0 Å². The summed E-state index contributed by atoms with van der Waals surface area (Å²) in [5.74, 6) is -1.25. The molecular formula is C8H7I3N3NaO2. The van der Waals surface area contributed by atoms with Gasteiger partial charge in [0, 0.05) is 3.57 Å². The molecule has 6 N–H and O–H groups in total. The number of hydrogen-bond donors (Lipinski definition) is 3. The zero-order chi connectivity index (χ0) is 12.6. The Morgan fingerprint density at radius 2 is 1.12 bits per heavy atom. The molecule has 0 saturated heterocycles. The van der Waals surface area contributed by atoms with Crippen LogP contribution in [0.5, 0.6) is 0 Å². The van der Waals surface area contributed by atoms with E-state index in [4.69, 9.17) is 17.2 Å². The van der Waals surface area contributed by atoms with Gasteiger partial charge in [0.25, 0.3) is 11.8 Å². The van der Waals surface area contributed by atoms with Crippen molar-refractivity contribution >= 4 is 115 Å². The molecule has 2 amide bonds. The van der Waals surface area contributed by atoms with Gasteiger partial charge in [0.2, 0.25) is 0 Å². The molecule has 9 heteroatoms. The fraction of sp³-hybridized carbons (Fsp3) is 0. The van der Waals surface area contributed by atoms with E-state index in [0.717, 1.165) is 0 Å². The Labute approximate surface area is 161 Å². The molecule has 0 unspecified atom stereocenters. The van der Waals surface area contributed by atoms with Crippen LogP contribution in [-0.4, -0.2) is 41.4 Å². The van der Waals surface area contributed by atoms with Crippen molar-refractivity contribution < 1.29 is 9.59 Å². The number of benzene rings is 1. The maximum atomic E-state index is 11.3. The third-order valence-corrected chi connectivity index (χ3v) is 5.16. The van der Waals surface area contributed by atoms with Gasteiger partial charge in [0.1, 0.15) is 0 Å². The number of hydrogen-bond acceptors (Lipinski definition) is 3. The number of anilines is 1. The molecule has 0 fully saturated rings. The van der Waals surface area contributed by atoms with Crippen molar-refractivity contribution in [3.8, 4) is 0 Å². The Morgan fingerprint density at radius 3 is 1.35 bits per heavy atom. The Kier molecular flexibility index (Phi) is 7.55.